The molecule has 1 rings (SSSR count). The van der Waals surface area contributed by atoms with E-state index in [1.807, 2.05) is 0 Å². The Hall–Kier alpha value is -1.57. The molecule has 8 heteroatoms. The molecule has 0 saturated carbocycles. The number of carboxylic acid groups (broad SMARTS) is 1. The summed E-state index contributed by atoms with van der Waals surface area (Å²) < 4.78 is 37.9. The van der Waals surface area contributed by atoms with Gasteiger partial charge in [-0.2, -0.15) is 18.3 Å². The lowest BCUT2D eigenvalue weighted by Gasteiger charge is -2.23. The zero-order valence-electron chi connectivity index (χ0n) is 9.95. The lowest BCUT2D eigenvalue weighted by Crippen LogP contribution is -2.48. The fourth-order valence-electron chi connectivity index (χ4n) is 1.31. The van der Waals surface area contributed by atoms with Crippen LogP contribution in [0.2, 0.25) is 0 Å². The number of carboxylic acids is 1. The number of halogens is 3. The second-order valence-corrected chi connectivity index (χ2v) is 4.10. The van der Waals surface area contributed by atoms with Crippen LogP contribution in [-0.4, -0.2) is 33.4 Å². The molecule has 0 aliphatic heterocycles. The molecule has 0 spiro atoms. The van der Waals surface area contributed by atoms with Gasteiger partial charge in [-0.15, -0.1) is 0 Å². The number of nitrogens with one attached hydrogen (secondary N) is 1. The molecule has 0 aliphatic rings. The first-order chi connectivity index (χ1) is 8.19. The average Bonchev–Trinajstić information content (AvgIpc) is 2.73. The second kappa shape index (κ2) is 4.97. The Morgan fingerprint density at radius 3 is 2.56 bits per heavy atom. The van der Waals surface area contributed by atoms with E-state index in [4.69, 9.17) is 5.11 Å². The van der Waals surface area contributed by atoms with E-state index in [1.54, 1.807) is 0 Å². The predicted octanol–water partition coefficient (Wildman–Crippen LogP) is 1.35. The van der Waals surface area contributed by atoms with Gasteiger partial charge in [-0.1, -0.05) is 0 Å². The van der Waals surface area contributed by atoms with Gasteiger partial charge in [0.25, 0.3) is 0 Å². The number of alkyl halides is 3. The van der Waals surface area contributed by atoms with Crippen LogP contribution in [0.3, 0.4) is 0 Å². The number of nitrogens with zero attached hydrogens (tertiary/aromatic N) is 2. The van der Waals surface area contributed by atoms with Gasteiger partial charge in [-0.25, -0.2) is 0 Å². The first kappa shape index (κ1) is 14.5. The number of carbonyl (C=O) groups is 1. The van der Waals surface area contributed by atoms with E-state index in [0.29, 0.717) is 0 Å². The van der Waals surface area contributed by atoms with Crippen LogP contribution in [0.15, 0.2) is 12.3 Å². The molecule has 0 fully saturated rings. The minimum absolute atomic E-state index is 0.0831. The van der Waals surface area contributed by atoms with Crippen LogP contribution < -0.4 is 5.32 Å². The third-order valence-corrected chi connectivity index (χ3v) is 2.80. The zero-order valence-corrected chi connectivity index (χ0v) is 9.95. The van der Waals surface area contributed by atoms with Gasteiger partial charge in [0.2, 0.25) is 0 Å². The highest BCUT2D eigenvalue weighted by Gasteiger charge is 2.34. The van der Waals surface area contributed by atoms with E-state index >= 15 is 0 Å². The van der Waals surface area contributed by atoms with Crippen LogP contribution in [0, 0.1) is 0 Å². The molecule has 1 atom stereocenters. The highest BCUT2D eigenvalue weighted by molar-refractivity contribution is 5.78. The van der Waals surface area contributed by atoms with Crippen molar-refractivity contribution in [3.05, 3.63) is 18.0 Å². The van der Waals surface area contributed by atoms with Crippen molar-refractivity contribution < 1.29 is 23.1 Å². The third kappa shape index (κ3) is 3.22. The van der Waals surface area contributed by atoms with Crippen molar-refractivity contribution in [1.82, 2.24) is 15.1 Å². The maximum atomic E-state index is 12.3. The molecule has 0 amide bonds. The SMILES string of the molecule is CNC(C)(CCn1ccc(C(F)(F)F)n1)C(=O)O. The van der Waals surface area contributed by atoms with Crippen molar-refractivity contribution >= 4 is 5.97 Å². The molecule has 0 radical (unpaired) electrons. The number of hydrogen-bond donors (Lipinski definition) is 2. The van der Waals surface area contributed by atoms with Crippen molar-refractivity contribution in [2.24, 2.45) is 0 Å². The largest absolute Gasteiger partial charge is 0.480 e. The summed E-state index contributed by atoms with van der Waals surface area (Å²) in [6.45, 7) is 1.54. The van der Waals surface area contributed by atoms with Gasteiger partial charge in [0.1, 0.15) is 5.54 Å². The summed E-state index contributed by atoms with van der Waals surface area (Å²) in [5, 5.41) is 14.9. The first-order valence-electron chi connectivity index (χ1n) is 5.22. The average molecular weight is 265 g/mol. The zero-order chi connectivity index (χ0) is 14.0. The monoisotopic (exact) mass is 265 g/mol. The highest BCUT2D eigenvalue weighted by Crippen LogP contribution is 2.27. The topological polar surface area (TPSA) is 67.2 Å². The fourth-order valence-corrected chi connectivity index (χ4v) is 1.31. The molecule has 1 unspecified atom stereocenters. The first-order valence-corrected chi connectivity index (χ1v) is 5.22. The minimum atomic E-state index is -4.48. The molecule has 18 heavy (non-hydrogen) atoms. The molecule has 0 aromatic carbocycles. The van der Waals surface area contributed by atoms with Gasteiger partial charge >= 0.3 is 12.1 Å². The maximum absolute atomic E-state index is 12.3. The number of hydrogen-bond acceptors (Lipinski definition) is 3. The van der Waals surface area contributed by atoms with Gasteiger partial charge in [0.15, 0.2) is 5.69 Å². The summed E-state index contributed by atoms with van der Waals surface area (Å²) in [5.74, 6) is -1.06. The number of aromatic nitrogens is 2. The Morgan fingerprint density at radius 2 is 2.17 bits per heavy atom. The van der Waals surface area contributed by atoms with E-state index < -0.39 is 23.4 Å². The van der Waals surface area contributed by atoms with Crippen LogP contribution in [0.1, 0.15) is 19.0 Å². The Balaban J connectivity index is 2.70. The van der Waals surface area contributed by atoms with Crippen molar-refractivity contribution in [2.75, 3.05) is 7.05 Å². The molecule has 0 aliphatic carbocycles. The molecule has 1 aromatic heterocycles. The summed E-state index contributed by atoms with van der Waals surface area (Å²) in [5.41, 5.74) is -2.17. The Labute approximate surface area is 102 Å². The molecule has 1 heterocycles. The van der Waals surface area contributed by atoms with Crippen LogP contribution in [0.5, 0.6) is 0 Å². The Bertz CT molecular complexity index is 430. The maximum Gasteiger partial charge on any atom is 0.435 e. The van der Waals surface area contributed by atoms with Crippen LogP contribution >= 0.6 is 0 Å². The smallest absolute Gasteiger partial charge is 0.435 e. The number of aryl methyl sites for hydroxylation is 1. The fraction of sp³-hybridized carbons (Fsp3) is 0.600. The molecule has 1 aromatic rings. The molecular formula is C10H14F3N3O2. The highest BCUT2D eigenvalue weighted by atomic mass is 19.4. The molecule has 2 N–H and O–H groups in total. The van der Waals surface area contributed by atoms with Crippen LogP contribution in [0.25, 0.3) is 0 Å². The van der Waals surface area contributed by atoms with E-state index in [2.05, 4.69) is 10.4 Å². The van der Waals surface area contributed by atoms with Gasteiger partial charge in [0.05, 0.1) is 0 Å². The summed E-state index contributed by atoms with van der Waals surface area (Å²) >= 11 is 0. The van der Waals surface area contributed by atoms with Gasteiger partial charge < -0.3 is 10.4 Å². The summed E-state index contributed by atoms with van der Waals surface area (Å²) in [7, 11) is 1.48. The van der Waals surface area contributed by atoms with E-state index in [9.17, 15) is 18.0 Å². The Morgan fingerprint density at radius 1 is 1.56 bits per heavy atom. The summed E-state index contributed by atoms with van der Waals surface area (Å²) in [4.78, 5) is 11.0. The van der Waals surface area contributed by atoms with Crippen LogP contribution in [-0.2, 0) is 17.5 Å². The van der Waals surface area contributed by atoms with E-state index in [-0.39, 0.29) is 13.0 Å². The molecule has 0 bridgehead atoms. The lowest BCUT2D eigenvalue weighted by atomic mass is 9.98. The van der Waals surface area contributed by atoms with Crippen molar-refractivity contribution in [3.8, 4) is 0 Å². The van der Waals surface area contributed by atoms with Gasteiger partial charge in [0, 0.05) is 12.7 Å². The standard InChI is InChI=1S/C10H14F3N3O2/c1-9(14-2,8(17)18)4-6-16-5-3-7(15-16)10(11,12)13/h3,5,14H,4,6H2,1-2H3,(H,17,18). The number of rotatable bonds is 5. The predicted molar refractivity (Wildman–Crippen MR) is 56.9 cm³/mol. The molecule has 102 valence electrons. The second-order valence-electron chi connectivity index (χ2n) is 4.10. The lowest BCUT2D eigenvalue weighted by molar-refractivity contribution is -0.145. The normalized spacial score (nSPS) is 15.4. The third-order valence-electron chi connectivity index (χ3n) is 2.80. The minimum Gasteiger partial charge on any atom is -0.480 e. The Kier molecular flexibility index (Phi) is 4.00. The van der Waals surface area contributed by atoms with Gasteiger partial charge in [-0.05, 0) is 26.5 Å². The molecular weight excluding hydrogens is 251 g/mol. The van der Waals surface area contributed by atoms with Crippen molar-refractivity contribution in [3.63, 3.8) is 0 Å². The number of aliphatic carboxylic acids is 1. The molecule has 5 nitrogen and oxygen atoms in total. The molecule has 0 saturated heterocycles. The van der Waals surface area contributed by atoms with E-state index in [0.717, 1.165) is 10.7 Å². The van der Waals surface area contributed by atoms with Crippen LogP contribution in [0.4, 0.5) is 13.2 Å². The van der Waals surface area contributed by atoms with Gasteiger partial charge in [-0.3, -0.25) is 9.48 Å². The summed E-state index contributed by atoms with van der Waals surface area (Å²) in [6.07, 6.45) is -3.18. The number of likely N-dealkylation sites (N-methyl/N-ethyl adjacent to an activating group) is 1. The van der Waals surface area contributed by atoms with Crippen molar-refractivity contribution in [2.45, 2.75) is 31.6 Å². The summed E-state index contributed by atoms with van der Waals surface area (Å²) in [6, 6.07) is 0.859. The van der Waals surface area contributed by atoms with E-state index in [1.165, 1.54) is 20.2 Å². The van der Waals surface area contributed by atoms with Crippen molar-refractivity contribution in [1.29, 1.82) is 0 Å². The quantitative estimate of drug-likeness (QED) is 0.843.